The van der Waals surface area contributed by atoms with Crippen LogP contribution in [0, 0.1) is 0 Å². The fraction of sp³-hybridized carbons (Fsp3) is 0.350. The van der Waals surface area contributed by atoms with Crippen LogP contribution in [0.2, 0.25) is 0 Å². The van der Waals surface area contributed by atoms with Gasteiger partial charge in [0.2, 0.25) is 0 Å². The predicted molar refractivity (Wildman–Crippen MR) is 102 cm³/mol. The van der Waals surface area contributed by atoms with Crippen molar-refractivity contribution in [2.45, 2.75) is 37.3 Å². The number of benzene rings is 1. The van der Waals surface area contributed by atoms with Crippen molar-refractivity contribution in [3.8, 4) is 23.0 Å². The normalized spacial score (nSPS) is 22.6. The molecule has 0 saturated heterocycles. The van der Waals surface area contributed by atoms with E-state index in [0.29, 0.717) is 12.2 Å². The molecule has 3 aromatic rings. The fourth-order valence-corrected chi connectivity index (χ4v) is 3.51. The average Bonchev–Trinajstić information content (AvgIpc) is 3.16. The Balaban J connectivity index is 1.76. The van der Waals surface area contributed by atoms with Crippen LogP contribution in [0.15, 0.2) is 48.7 Å². The molecule has 2 heterocycles. The average molecular weight is 365 g/mol. The van der Waals surface area contributed by atoms with Crippen molar-refractivity contribution in [3.63, 3.8) is 0 Å². The molecule has 1 aromatic carbocycles. The van der Waals surface area contributed by atoms with Gasteiger partial charge in [0.05, 0.1) is 18.9 Å². The number of methoxy groups -OCH3 is 1. The minimum absolute atomic E-state index is 0.0897. The van der Waals surface area contributed by atoms with Crippen LogP contribution in [0.25, 0.3) is 17.2 Å². The molecule has 0 radical (unpaired) electrons. The lowest BCUT2D eigenvalue weighted by molar-refractivity contribution is 0.0961. The van der Waals surface area contributed by atoms with Gasteiger partial charge in [-0.1, -0.05) is 6.07 Å². The van der Waals surface area contributed by atoms with E-state index < -0.39 is 6.10 Å². The van der Waals surface area contributed by atoms with Gasteiger partial charge in [-0.15, -0.1) is 5.10 Å². The number of hydrogen-bond acceptors (Lipinski definition) is 6. The molecule has 1 aliphatic rings. The number of hydrogen-bond donors (Lipinski definition) is 2. The van der Waals surface area contributed by atoms with Crippen LogP contribution >= 0.6 is 0 Å². The third kappa shape index (κ3) is 3.56. The number of aliphatic hydroxyl groups is 1. The van der Waals surface area contributed by atoms with Crippen molar-refractivity contribution >= 4 is 0 Å². The monoisotopic (exact) mass is 365 g/mol. The maximum Gasteiger partial charge on any atom is 0.200 e. The first-order valence-electron chi connectivity index (χ1n) is 9.12. The number of rotatable bonds is 4. The van der Waals surface area contributed by atoms with E-state index in [-0.39, 0.29) is 12.0 Å². The second kappa shape index (κ2) is 7.46. The molecule has 7 nitrogen and oxygen atoms in total. The highest BCUT2D eigenvalue weighted by atomic mass is 16.5. The van der Waals surface area contributed by atoms with Gasteiger partial charge in [0.25, 0.3) is 0 Å². The lowest BCUT2D eigenvalue weighted by Crippen LogP contribution is -2.40. The van der Waals surface area contributed by atoms with Crippen LogP contribution in [-0.2, 0) is 0 Å². The molecule has 1 fully saturated rings. The van der Waals surface area contributed by atoms with Crippen molar-refractivity contribution in [1.29, 1.82) is 0 Å². The molecule has 0 bridgehead atoms. The molecule has 3 N–H and O–H groups in total. The molecular formula is C20H23N5O2. The van der Waals surface area contributed by atoms with Gasteiger partial charge >= 0.3 is 0 Å². The van der Waals surface area contributed by atoms with Crippen molar-refractivity contribution < 1.29 is 9.84 Å². The third-order valence-electron chi connectivity index (χ3n) is 5.08. The topological polar surface area (TPSA) is 99.1 Å². The molecule has 140 valence electrons. The summed E-state index contributed by atoms with van der Waals surface area (Å²) in [5.41, 5.74) is 7.59. The molecule has 7 heteroatoms. The van der Waals surface area contributed by atoms with Gasteiger partial charge in [-0.2, -0.15) is 0 Å². The van der Waals surface area contributed by atoms with Gasteiger partial charge in [-0.25, -0.2) is 9.67 Å². The minimum atomic E-state index is -0.525. The summed E-state index contributed by atoms with van der Waals surface area (Å²) in [7, 11) is 1.64. The molecule has 0 spiro atoms. The van der Waals surface area contributed by atoms with Crippen LogP contribution in [0.5, 0.6) is 5.75 Å². The smallest absolute Gasteiger partial charge is 0.200 e. The van der Waals surface area contributed by atoms with Crippen molar-refractivity contribution in [2.24, 2.45) is 5.73 Å². The van der Waals surface area contributed by atoms with Crippen molar-refractivity contribution in [3.05, 3.63) is 54.5 Å². The Labute approximate surface area is 157 Å². The summed E-state index contributed by atoms with van der Waals surface area (Å²) < 4.78 is 7.09. The second-order valence-electron chi connectivity index (χ2n) is 6.86. The number of aliphatic hydroxyl groups excluding tert-OH is 1. The summed E-state index contributed by atoms with van der Waals surface area (Å²) in [6, 6.07) is 13.2. The first kappa shape index (κ1) is 17.6. The summed E-state index contributed by atoms with van der Waals surface area (Å²) >= 11 is 0. The van der Waals surface area contributed by atoms with Crippen LogP contribution in [0.1, 0.15) is 31.0 Å². The molecule has 1 aliphatic carbocycles. The third-order valence-corrected chi connectivity index (χ3v) is 5.08. The summed E-state index contributed by atoms with van der Waals surface area (Å²) in [5.74, 6) is 2.27. The van der Waals surface area contributed by atoms with Gasteiger partial charge < -0.3 is 15.6 Å². The van der Waals surface area contributed by atoms with E-state index in [1.54, 1.807) is 13.3 Å². The predicted octanol–water partition coefficient (Wildman–Crippen LogP) is 2.29. The zero-order valence-corrected chi connectivity index (χ0v) is 15.2. The minimum Gasteiger partial charge on any atom is -0.497 e. The molecule has 1 saturated carbocycles. The van der Waals surface area contributed by atoms with Gasteiger partial charge in [0.15, 0.2) is 5.82 Å². The number of aromatic nitrogens is 4. The van der Waals surface area contributed by atoms with E-state index in [1.165, 1.54) is 0 Å². The lowest BCUT2D eigenvalue weighted by atomic mass is 9.84. The highest BCUT2D eigenvalue weighted by Gasteiger charge is 2.31. The van der Waals surface area contributed by atoms with E-state index in [9.17, 15) is 5.11 Å². The van der Waals surface area contributed by atoms with Crippen LogP contribution in [-0.4, -0.2) is 44.1 Å². The van der Waals surface area contributed by atoms with Crippen molar-refractivity contribution in [1.82, 2.24) is 19.7 Å². The first-order valence-corrected chi connectivity index (χ1v) is 9.12. The summed E-state index contributed by atoms with van der Waals surface area (Å²) in [6.45, 7) is 0. The van der Waals surface area contributed by atoms with E-state index >= 15 is 0 Å². The molecule has 27 heavy (non-hydrogen) atoms. The van der Waals surface area contributed by atoms with E-state index in [4.69, 9.17) is 20.6 Å². The Hall–Kier alpha value is -2.77. The molecule has 0 amide bonds. The Bertz CT molecular complexity index is 894. The summed E-state index contributed by atoms with van der Waals surface area (Å²) in [4.78, 5) is 9.16. The first-order chi connectivity index (χ1) is 13.2. The van der Waals surface area contributed by atoms with E-state index in [0.717, 1.165) is 35.8 Å². The van der Waals surface area contributed by atoms with Gasteiger partial charge in [-0.05, 0) is 55.7 Å². The van der Waals surface area contributed by atoms with Gasteiger partial charge in [-0.3, -0.25) is 4.98 Å². The van der Waals surface area contributed by atoms with Gasteiger partial charge in [0.1, 0.15) is 17.3 Å². The lowest BCUT2D eigenvalue weighted by Gasteiger charge is -2.30. The Morgan fingerprint density at radius 3 is 2.63 bits per heavy atom. The highest BCUT2D eigenvalue weighted by molar-refractivity contribution is 5.49. The summed E-state index contributed by atoms with van der Waals surface area (Å²) in [5, 5.41) is 15.0. The van der Waals surface area contributed by atoms with E-state index in [1.807, 2.05) is 47.1 Å². The second-order valence-corrected chi connectivity index (χ2v) is 6.86. The van der Waals surface area contributed by atoms with Gasteiger partial charge in [0, 0.05) is 18.2 Å². The standard InChI is InChI=1S/C20H23N5O2/c1-27-15-8-6-14(7-9-15)25-20(13-5-10-16(21)18(26)12-13)23-19(24-25)17-4-2-3-11-22-17/h2-4,6-9,11,13,16,18,26H,5,10,12,21H2,1H3/t13-,16+,18+/m0/s1. The van der Waals surface area contributed by atoms with Crippen LogP contribution < -0.4 is 10.5 Å². The zero-order valence-electron chi connectivity index (χ0n) is 15.2. The number of ether oxygens (including phenoxy) is 1. The maximum absolute atomic E-state index is 10.3. The molecular weight excluding hydrogens is 342 g/mol. The highest BCUT2D eigenvalue weighted by Crippen LogP contribution is 2.33. The summed E-state index contributed by atoms with van der Waals surface area (Å²) in [6.07, 6.45) is 3.42. The SMILES string of the molecule is COc1ccc(-n2nc(-c3ccccn3)nc2[C@H]2CC[C@@H](N)[C@H](O)C2)cc1. The molecule has 4 rings (SSSR count). The molecule has 0 aliphatic heterocycles. The van der Waals surface area contributed by atoms with Crippen molar-refractivity contribution in [2.75, 3.05) is 7.11 Å². The molecule has 2 aromatic heterocycles. The van der Waals surface area contributed by atoms with E-state index in [2.05, 4.69) is 4.98 Å². The van der Waals surface area contributed by atoms with Crippen LogP contribution in [0.4, 0.5) is 0 Å². The molecule has 3 atom stereocenters. The fourth-order valence-electron chi connectivity index (χ4n) is 3.51. The Morgan fingerprint density at radius 1 is 1.15 bits per heavy atom. The Morgan fingerprint density at radius 2 is 1.96 bits per heavy atom. The molecule has 0 unspecified atom stereocenters. The maximum atomic E-state index is 10.3. The number of nitrogens with zero attached hydrogens (tertiary/aromatic N) is 4. The number of nitrogens with two attached hydrogens (primary N) is 1. The number of pyridine rings is 1. The van der Waals surface area contributed by atoms with Crippen LogP contribution in [0.3, 0.4) is 0 Å². The zero-order chi connectivity index (χ0) is 18.8. The quantitative estimate of drug-likeness (QED) is 0.736. The largest absolute Gasteiger partial charge is 0.497 e. The Kier molecular flexibility index (Phi) is 4.87.